The third-order valence-electron chi connectivity index (χ3n) is 4.41. The van der Waals surface area contributed by atoms with Crippen LogP contribution >= 0.6 is 0 Å². The molecule has 0 atom stereocenters. The number of amidine groups is 1. The Morgan fingerprint density at radius 1 is 1.35 bits per heavy atom. The van der Waals surface area contributed by atoms with Gasteiger partial charge >= 0.3 is 5.97 Å². The van der Waals surface area contributed by atoms with Crippen LogP contribution in [0.4, 0.5) is 13.2 Å². The van der Waals surface area contributed by atoms with Crippen LogP contribution < -0.4 is 5.73 Å². The lowest BCUT2D eigenvalue weighted by molar-refractivity contribution is 0.0506. The van der Waals surface area contributed by atoms with Crippen LogP contribution in [0.3, 0.4) is 0 Å². The van der Waals surface area contributed by atoms with Crippen LogP contribution in [0.15, 0.2) is 29.4 Å². The molecule has 2 aromatic rings. The lowest BCUT2D eigenvalue weighted by atomic mass is 9.93. The highest BCUT2D eigenvalue weighted by Gasteiger charge is 2.49. The zero-order valence-electron chi connectivity index (χ0n) is 14.2. The largest absolute Gasteiger partial charge is 0.385 e. The molecule has 0 saturated heterocycles. The topological polar surface area (TPSA) is 82.5 Å². The molecule has 26 heavy (non-hydrogen) atoms. The first-order chi connectivity index (χ1) is 12.2. The number of rotatable bonds is 5. The van der Waals surface area contributed by atoms with E-state index in [0.29, 0.717) is 18.4 Å². The van der Waals surface area contributed by atoms with Gasteiger partial charge in [0.05, 0.1) is 5.41 Å². The van der Waals surface area contributed by atoms with E-state index in [1.165, 1.54) is 19.2 Å². The summed E-state index contributed by atoms with van der Waals surface area (Å²) in [5, 5.41) is 7.31. The molecule has 0 unspecified atom stereocenters. The van der Waals surface area contributed by atoms with Gasteiger partial charge in [-0.2, -0.15) is 5.10 Å². The molecular formula is C17H17F3N4O2. The van der Waals surface area contributed by atoms with Crippen LogP contribution in [-0.4, -0.2) is 21.6 Å². The summed E-state index contributed by atoms with van der Waals surface area (Å²) in [5.74, 6) is -1.35. The van der Waals surface area contributed by atoms with Gasteiger partial charge in [0.15, 0.2) is 11.5 Å². The predicted molar refractivity (Wildman–Crippen MR) is 87.3 cm³/mol. The van der Waals surface area contributed by atoms with E-state index in [0.717, 1.165) is 16.3 Å². The minimum Gasteiger partial charge on any atom is -0.384 e. The number of benzene rings is 1. The molecule has 6 nitrogen and oxygen atoms in total. The van der Waals surface area contributed by atoms with E-state index in [1.807, 2.05) is 0 Å². The zero-order chi connectivity index (χ0) is 19.1. The fourth-order valence-corrected chi connectivity index (χ4v) is 2.84. The normalized spacial score (nSPS) is 16.0. The molecule has 0 spiro atoms. The van der Waals surface area contributed by atoms with Gasteiger partial charge in [-0.15, -0.1) is 0 Å². The summed E-state index contributed by atoms with van der Waals surface area (Å²) in [6.45, 7) is 1.76. The molecule has 1 fully saturated rings. The number of oxime groups is 1. The fourth-order valence-electron chi connectivity index (χ4n) is 2.84. The summed E-state index contributed by atoms with van der Waals surface area (Å²) >= 11 is 0. The van der Waals surface area contributed by atoms with E-state index >= 15 is 0 Å². The van der Waals surface area contributed by atoms with E-state index in [1.54, 1.807) is 13.0 Å². The molecule has 1 aliphatic carbocycles. The van der Waals surface area contributed by atoms with Crippen LogP contribution in [0.1, 0.15) is 46.6 Å². The second-order valence-corrected chi connectivity index (χ2v) is 6.33. The van der Waals surface area contributed by atoms with Gasteiger partial charge in [-0.05, 0) is 43.0 Å². The molecule has 0 aliphatic heterocycles. The molecule has 1 saturated carbocycles. The van der Waals surface area contributed by atoms with Gasteiger partial charge in [0.1, 0.15) is 11.5 Å². The Hall–Kier alpha value is -2.84. The minimum absolute atomic E-state index is 0.0286. The van der Waals surface area contributed by atoms with E-state index in [9.17, 15) is 18.0 Å². The maximum atomic E-state index is 13.7. The lowest BCUT2D eigenvalue weighted by Gasteiger charge is -2.15. The second kappa shape index (κ2) is 6.47. The van der Waals surface area contributed by atoms with Gasteiger partial charge in [0.2, 0.25) is 0 Å². The summed E-state index contributed by atoms with van der Waals surface area (Å²) in [7, 11) is 1.29. The average molecular weight is 366 g/mol. The maximum absolute atomic E-state index is 13.7. The third-order valence-corrected chi connectivity index (χ3v) is 4.41. The van der Waals surface area contributed by atoms with Crippen molar-refractivity contribution in [3.8, 4) is 0 Å². The minimum atomic E-state index is -2.77. The highest BCUT2D eigenvalue weighted by molar-refractivity contribution is 5.95. The Kier molecular flexibility index (Phi) is 4.47. The molecule has 1 heterocycles. The van der Waals surface area contributed by atoms with Gasteiger partial charge in [-0.3, -0.25) is 4.68 Å². The number of carbonyl (C=O) groups excluding carboxylic acids is 1. The van der Waals surface area contributed by atoms with Crippen molar-refractivity contribution in [1.82, 2.24) is 9.78 Å². The Morgan fingerprint density at radius 2 is 2.04 bits per heavy atom. The maximum Gasteiger partial charge on any atom is 0.385 e. The lowest BCUT2D eigenvalue weighted by Crippen LogP contribution is -2.29. The number of aryl methyl sites for hydroxylation is 2. The molecule has 0 radical (unpaired) electrons. The first-order valence-electron chi connectivity index (χ1n) is 7.88. The highest BCUT2D eigenvalue weighted by atomic mass is 19.3. The number of halogens is 3. The standard InChI is InChI=1S/C17H17F3N4O2/c1-9-5-10(7-11(18)6-9)17(3-4-17)16(21)23-26-15(25)12-8-13(14(19)20)24(2)22-12/h5-8,14H,3-4H2,1-2H3,(H2,21,23). The van der Waals surface area contributed by atoms with E-state index in [4.69, 9.17) is 10.6 Å². The summed E-state index contributed by atoms with van der Waals surface area (Å²) in [6.07, 6.45) is -1.49. The van der Waals surface area contributed by atoms with Gasteiger partial charge in [-0.25, -0.2) is 18.0 Å². The number of hydrogen-bond donors (Lipinski definition) is 1. The SMILES string of the molecule is Cc1cc(F)cc(C2(/C(N)=N/OC(=O)c3cc(C(F)F)n(C)n3)CC2)c1. The zero-order valence-corrected chi connectivity index (χ0v) is 14.2. The van der Waals surface area contributed by atoms with Crippen molar-refractivity contribution in [1.29, 1.82) is 0 Å². The average Bonchev–Trinajstić information content (AvgIpc) is 3.28. The van der Waals surface area contributed by atoms with Crippen LogP contribution in [-0.2, 0) is 17.3 Å². The highest BCUT2D eigenvalue weighted by Crippen LogP contribution is 2.48. The van der Waals surface area contributed by atoms with Crippen molar-refractivity contribution in [2.24, 2.45) is 17.9 Å². The number of hydrogen-bond acceptors (Lipinski definition) is 4. The van der Waals surface area contributed by atoms with Crippen molar-refractivity contribution in [3.05, 3.63) is 52.6 Å². The van der Waals surface area contributed by atoms with Gasteiger partial charge in [0.25, 0.3) is 6.43 Å². The Morgan fingerprint density at radius 3 is 2.58 bits per heavy atom. The molecule has 3 rings (SSSR count). The number of carbonyl (C=O) groups is 1. The van der Waals surface area contributed by atoms with Crippen molar-refractivity contribution in [2.45, 2.75) is 31.6 Å². The van der Waals surface area contributed by atoms with E-state index in [2.05, 4.69) is 10.3 Å². The van der Waals surface area contributed by atoms with Gasteiger partial charge in [0, 0.05) is 13.1 Å². The van der Waals surface area contributed by atoms with E-state index < -0.39 is 23.5 Å². The summed E-state index contributed by atoms with van der Waals surface area (Å²) in [5.41, 5.74) is 5.97. The summed E-state index contributed by atoms with van der Waals surface area (Å²) in [6, 6.07) is 5.50. The van der Waals surface area contributed by atoms with Gasteiger partial charge in [-0.1, -0.05) is 11.2 Å². The summed E-state index contributed by atoms with van der Waals surface area (Å²) < 4.78 is 40.0. The molecule has 0 bridgehead atoms. The quantitative estimate of drug-likeness (QED) is 0.382. The van der Waals surface area contributed by atoms with Crippen LogP contribution in [0, 0.1) is 12.7 Å². The van der Waals surface area contributed by atoms with Gasteiger partial charge < -0.3 is 10.6 Å². The molecular weight excluding hydrogens is 349 g/mol. The Labute approximate surface area is 147 Å². The number of alkyl halides is 2. The molecule has 1 aromatic heterocycles. The Balaban J connectivity index is 1.78. The monoisotopic (exact) mass is 366 g/mol. The first kappa shape index (κ1) is 18.0. The third kappa shape index (κ3) is 3.29. The molecule has 1 aliphatic rings. The van der Waals surface area contributed by atoms with Crippen molar-refractivity contribution >= 4 is 11.8 Å². The van der Waals surface area contributed by atoms with Crippen LogP contribution in [0.5, 0.6) is 0 Å². The smallest absolute Gasteiger partial charge is 0.384 e. The molecule has 0 amide bonds. The molecule has 9 heteroatoms. The van der Waals surface area contributed by atoms with Crippen molar-refractivity contribution < 1.29 is 22.8 Å². The first-order valence-corrected chi connectivity index (χ1v) is 7.88. The van der Waals surface area contributed by atoms with Crippen molar-refractivity contribution in [3.63, 3.8) is 0 Å². The van der Waals surface area contributed by atoms with Crippen LogP contribution in [0.25, 0.3) is 0 Å². The fraction of sp³-hybridized carbons (Fsp3) is 0.353. The molecule has 1 aromatic carbocycles. The molecule has 2 N–H and O–H groups in total. The van der Waals surface area contributed by atoms with Crippen molar-refractivity contribution in [2.75, 3.05) is 0 Å². The summed E-state index contributed by atoms with van der Waals surface area (Å²) in [4.78, 5) is 16.7. The van der Waals surface area contributed by atoms with E-state index in [-0.39, 0.29) is 17.3 Å². The predicted octanol–water partition coefficient (Wildman–Crippen LogP) is 2.97. The Bertz CT molecular complexity index is 868. The van der Waals surface area contributed by atoms with Crippen LogP contribution in [0.2, 0.25) is 0 Å². The number of nitrogens with two attached hydrogens (primary N) is 1. The molecule has 138 valence electrons. The number of aromatic nitrogens is 2. The second-order valence-electron chi connectivity index (χ2n) is 6.33. The number of nitrogens with zero attached hydrogens (tertiary/aromatic N) is 3.